The lowest BCUT2D eigenvalue weighted by Crippen LogP contribution is -2.33. The van der Waals surface area contributed by atoms with Crippen LogP contribution in [0.25, 0.3) is 0 Å². The largest absolute Gasteiger partial charge is 0.347 e. The number of nitrogens with zero attached hydrogens (tertiary/aromatic N) is 1. The number of benzene rings is 1. The van der Waals surface area contributed by atoms with E-state index in [-0.39, 0.29) is 0 Å². The summed E-state index contributed by atoms with van der Waals surface area (Å²) in [6.07, 6.45) is 1.66. The molecule has 0 spiro atoms. The van der Waals surface area contributed by atoms with Crippen molar-refractivity contribution in [2.75, 3.05) is 11.9 Å². The molecule has 1 aromatic carbocycles. The summed E-state index contributed by atoms with van der Waals surface area (Å²) in [5, 5.41) is 4.38. The molecular formula is C14H12F3N3O2. The van der Waals surface area contributed by atoms with Gasteiger partial charge < -0.3 is 15.2 Å². The number of aryl methyl sites for hydroxylation is 1. The Balaban J connectivity index is 1.95. The van der Waals surface area contributed by atoms with Crippen molar-refractivity contribution in [2.45, 2.75) is 0 Å². The lowest BCUT2D eigenvalue weighted by molar-refractivity contribution is -0.115. The van der Waals surface area contributed by atoms with Gasteiger partial charge in [-0.2, -0.15) is 0 Å². The maximum atomic E-state index is 13.4. The molecule has 0 unspecified atom stereocenters. The van der Waals surface area contributed by atoms with Crippen LogP contribution < -0.4 is 10.6 Å². The first kappa shape index (κ1) is 15.6. The van der Waals surface area contributed by atoms with E-state index >= 15 is 0 Å². The number of anilines is 1. The van der Waals surface area contributed by atoms with E-state index in [9.17, 15) is 22.8 Å². The van der Waals surface area contributed by atoms with Crippen molar-refractivity contribution in [2.24, 2.45) is 7.05 Å². The van der Waals surface area contributed by atoms with Gasteiger partial charge in [0.25, 0.3) is 5.91 Å². The van der Waals surface area contributed by atoms with Gasteiger partial charge in [-0.3, -0.25) is 9.59 Å². The zero-order valence-electron chi connectivity index (χ0n) is 11.5. The Morgan fingerprint density at radius 3 is 2.50 bits per heavy atom. The molecule has 0 fully saturated rings. The topological polar surface area (TPSA) is 63.1 Å². The standard InChI is InChI=1S/C14H12F3N3O2/c1-20-6-2-3-10(20)14(22)18-7-11(21)19-9-5-4-8(15)12(16)13(9)17/h2-6H,7H2,1H3,(H,18,22)(H,19,21). The predicted molar refractivity (Wildman–Crippen MR) is 72.7 cm³/mol. The normalized spacial score (nSPS) is 10.4. The van der Waals surface area contributed by atoms with Crippen LogP contribution in [0.2, 0.25) is 0 Å². The maximum Gasteiger partial charge on any atom is 0.268 e. The summed E-state index contributed by atoms with van der Waals surface area (Å²) in [5.41, 5.74) is -0.163. The first-order valence-corrected chi connectivity index (χ1v) is 6.23. The van der Waals surface area contributed by atoms with Crippen LogP contribution in [0.3, 0.4) is 0 Å². The van der Waals surface area contributed by atoms with Crippen molar-refractivity contribution in [3.63, 3.8) is 0 Å². The summed E-state index contributed by atoms with van der Waals surface area (Å²) < 4.78 is 40.7. The number of carbonyl (C=O) groups excluding carboxylic acids is 2. The van der Waals surface area contributed by atoms with Gasteiger partial charge in [-0.1, -0.05) is 0 Å². The maximum absolute atomic E-state index is 13.4. The summed E-state index contributed by atoms with van der Waals surface area (Å²) in [6.45, 7) is -0.442. The molecule has 0 radical (unpaired) electrons. The first-order chi connectivity index (χ1) is 10.4. The molecule has 2 N–H and O–H groups in total. The minimum Gasteiger partial charge on any atom is -0.347 e. The Morgan fingerprint density at radius 2 is 1.86 bits per heavy atom. The molecule has 0 bridgehead atoms. The molecule has 1 aromatic heterocycles. The molecule has 0 saturated carbocycles. The number of hydrogen-bond acceptors (Lipinski definition) is 2. The molecule has 5 nitrogen and oxygen atoms in total. The zero-order chi connectivity index (χ0) is 16.3. The highest BCUT2D eigenvalue weighted by atomic mass is 19.2. The van der Waals surface area contributed by atoms with E-state index in [1.807, 2.05) is 0 Å². The molecule has 2 aromatic rings. The highest BCUT2D eigenvalue weighted by Crippen LogP contribution is 2.19. The molecule has 1 heterocycles. The molecule has 0 saturated heterocycles. The number of nitrogens with one attached hydrogen (secondary N) is 2. The third kappa shape index (κ3) is 3.27. The molecule has 0 aliphatic carbocycles. The third-order valence-electron chi connectivity index (χ3n) is 2.90. The molecule has 116 valence electrons. The van der Waals surface area contributed by atoms with Crippen molar-refractivity contribution in [1.29, 1.82) is 0 Å². The molecular weight excluding hydrogens is 299 g/mol. The van der Waals surface area contributed by atoms with Crippen LogP contribution in [0.5, 0.6) is 0 Å². The Kier molecular flexibility index (Phi) is 4.50. The van der Waals surface area contributed by atoms with E-state index in [4.69, 9.17) is 0 Å². The fraction of sp³-hybridized carbons (Fsp3) is 0.143. The summed E-state index contributed by atoms with van der Waals surface area (Å²) in [5.74, 6) is -5.79. The number of amides is 2. The van der Waals surface area contributed by atoms with Crippen molar-refractivity contribution in [3.8, 4) is 0 Å². The van der Waals surface area contributed by atoms with E-state index < -0.39 is 41.5 Å². The third-order valence-corrected chi connectivity index (χ3v) is 2.90. The van der Waals surface area contributed by atoms with Crippen molar-refractivity contribution < 1.29 is 22.8 Å². The average Bonchev–Trinajstić information content (AvgIpc) is 2.91. The van der Waals surface area contributed by atoms with E-state index in [0.29, 0.717) is 11.8 Å². The highest BCUT2D eigenvalue weighted by Gasteiger charge is 2.16. The quantitative estimate of drug-likeness (QED) is 0.846. The van der Waals surface area contributed by atoms with Gasteiger partial charge in [-0.05, 0) is 24.3 Å². The van der Waals surface area contributed by atoms with Crippen LogP contribution >= 0.6 is 0 Å². The van der Waals surface area contributed by atoms with E-state index in [0.717, 1.165) is 6.07 Å². The number of halogens is 3. The van der Waals surface area contributed by atoms with Gasteiger partial charge in [-0.25, -0.2) is 13.2 Å². The van der Waals surface area contributed by atoms with Crippen LogP contribution in [0, 0.1) is 17.5 Å². The van der Waals surface area contributed by atoms with E-state index in [2.05, 4.69) is 10.6 Å². The van der Waals surface area contributed by atoms with Gasteiger partial charge >= 0.3 is 0 Å². The lowest BCUT2D eigenvalue weighted by Gasteiger charge is -2.09. The zero-order valence-corrected chi connectivity index (χ0v) is 11.5. The minimum absolute atomic E-state index is 0.340. The van der Waals surface area contributed by atoms with Crippen LogP contribution in [-0.4, -0.2) is 22.9 Å². The van der Waals surface area contributed by atoms with Crippen LogP contribution in [0.15, 0.2) is 30.5 Å². The van der Waals surface area contributed by atoms with Crippen LogP contribution in [-0.2, 0) is 11.8 Å². The van der Waals surface area contributed by atoms with Crippen LogP contribution in [0.1, 0.15) is 10.5 Å². The fourth-order valence-electron chi connectivity index (χ4n) is 1.76. The van der Waals surface area contributed by atoms with Crippen molar-refractivity contribution in [1.82, 2.24) is 9.88 Å². The number of rotatable bonds is 4. The van der Waals surface area contributed by atoms with Crippen molar-refractivity contribution in [3.05, 3.63) is 53.6 Å². The number of hydrogen-bond donors (Lipinski definition) is 2. The Labute approximate surface area is 123 Å². The molecule has 0 aliphatic rings. The monoisotopic (exact) mass is 311 g/mol. The number of carbonyl (C=O) groups is 2. The Morgan fingerprint density at radius 1 is 1.14 bits per heavy atom. The summed E-state index contributed by atoms with van der Waals surface area (Å²) in [4.78, 5) is 23.4. The predicted octanol–water partition coefficient (Wildman–Crippen LogP) is 1.81. The SMILES string of the molecule is Cn1cccc1C(=O)NCC(=O)Nc1ccc(F)c(F)c1F. The second kappa shape index (κ2) is 6.33. The first-order valence-electron chi connectivity index (χ1n) is 6.23. The van der Waals surface area contributed by atoms with Gasteiger partial charge in [-0.15, -0.1) is 0 Å². The van der Waals surface area contributed by atoms with Gasteiger partial charge in [0.2, 0.25) is 5.91 Å². The Hall–Kier alpha value is -2.77. The molecule has 2 rings (SSSR count). The van der Waals surface area contributed by atoms with Gasteiger partial charge in [0.05, 0.1) is 12.2 Å². The van der Waals surface area contributed by atoms with E-state index in [1.54, 1.807) is 29.9 Å². The minimum atomic E-state index is -1.68. The summed E-state index contributed by atoms with van der Waals surface area (Å²) in [7, 11) is 1.66. The lowest BCUT2D eigenvalue weighted by atomic mass is 10.2. The van der Waals surface area contributed by atoms with E-state index in [1.165, 1.54) is 0 Å². The Bertz CT molecular complexity index is 728. The van der Waals surface area contributed by atoms with Gasteiger partial charge in [0.1, 0.15) is 5.69 Å². The summed E-state index contributed by atoms with van der Waals surface area (Å²) in [6, 6.07) is 4.80. The summed E-state index contributed by atoms with van der Waals surface area (Å²) >= 11 is 0. The van der Waals surface area contributed by atoms with Crippen LogP contribution in [0.4, 0.5) is 18.9 Å². The second-order valence-corrected chi connectivity index (χ2v) is 4.46. The molecule has 0 aliphatic heterocycles. The van der Waals surface area contributed by atoms with Gasteiger partial charge in [0, 0.05) is 13.2 Å². The number of aromatic nitrogens is 1. The van der Waals surface area contributed by atoms with Crippen molar-refractivity contribution >= 4 is 17.5 Å². The average molecular weight is 311 g/mol. The highest BCUT2D eigenvalue weighted by molar-refractivity contribution is 5.98. The fourth-order valence-corrected chi connectivity index (χ4v) is 1.76. The molecule has 2 amide bonds. The molecule has 8 heteroatoms. The molecule has 0 atom stereocenters. The second-order valence-electron chi connectivity index (χ2n) is 4.46. The van der Waals surface area contributed by atoms with Gasteiger partial charge in [0.15, 0.2) is 17.5 Å². The smallest absolute Gasteiger partial charge is 0.268 e. The molecule has 22 heavy (non-hydrogen) atoms.